The topological polar surface area (TPSA) is 95.1 Å². The molecule has 19 heavy (non-hydrogen) atoms. The molecule has 1 aromatic heterocycles. The Bertz CT molecular complexity index is 654. The summed E-state index contributed by atoms with van der Waals surface area (Å²) in [6.45, 7) is 0. The highest BCUT2D eigenvalue weighted by atomic mass is 79.9. The second kappa shape index (κ2) is 5.54. The molecular formula is C11H7Br2N3O3. The second-order valence-corrected chi connectivity index (χ2v) is 5.32. The Kier molecular flexibility index (Phi) is 4.01. The first-order chi connectivity index (χ1) is 8.97. The summed E-state index contributed by atoms with van der Waals surface area (Å²) in [6, 6.07) is 6.40. The number of amides is 1. The van der Waals surface area contributed by atoms with Crippen molar-refractivity contribution >= 4 is 49.6 Å². The number of carbonyl (C=O) groups is 2. The van der Waals surface area contributed by atoms with Crippen LogP contribution in [0.15, 0.2) is 33.2 Å². The van der Waals surface area contributed by atoms with E-state index in [1.807, 2.05) is 0 Å². The van der Waals surface area contributed by atoms with Gasteiger partial charge in [-0.05, 0) is 34.1 Å². The number of rotatable bonds is 3. The van der Waals surface area contributed by atoms with Gasteiger partial charge in [-0.2, -0.15) is 5.10 Å². The maximum absolute atomic E-state index is 12.0. The number of aromatic carboxylic acids is 1. The van der Waals surface area contributed by atoms with E-state index in [1.165, 1.54) is 6.07 Å². The van der Waals surface area contributed by atoms with Crippen LogP contribution in [0.4, 0.5) is 5.82 Å². The van der Waals surface area contributed by atoms with Gasteiger partial charge in [-0.15, -0.1) is 0 Å². The maximum atomic E-state index is 12.0. The lowest BCUT2D eigenvalue weighted by atomic mass is 10.2. The molecule has 3 N–H and O–H groups in total. The number of aromatic amines is 1. The van der Waals surface area contributed by atoms with Gasteiger partial charge in [-0.3, -0.25) is 9.89 Å². The summed E-state index contributed by atoms with van der Waals surface area (Å²) in [7, 11) is 0. The van der Waals surface area contributed by atoms with Crippen LogP contribution < -0.4 is 5.32 Å². The molecule has 0 saturated carbocycles. The fourth-order valence-corrected chi connectivity index (χ4v) is 2.14. The van der Waals surface area contributed by atoms with E-state index >= 15 is 0 Å². The average molecular weight is 389 g/mol. The molecule has 0 aliphatic rings. The van der Waals surface area contributed by atoms with Gasteiger partial charge in [0.2, 0.25) is 0 Å². The van der Waals surface area contributed by atoms with Crippen LogP contribution in [-0.2, 0) is 0 Å². The van der Waals surface area contributed by atoms with Crippen molar-refractivity contribution in [3.63, 3.8) is 0 Å². The predicted octanol–water partition coefficient (Wildman–Crippen LogP) is 2.89. The lowest BCUT2D eigenvalue weighted by Gasteiger charge is -2.04. The number of nitrogens with one attached hydrogen (secondary N) is 2. The molecule has 0 unspecified atom stereocenters. The number of carbonyl (C=O) groups excluding carboxylic acids is 1. The number of benzene rings is 1. The largest absolute Gasteiger partial charge is 0.477 e. The van der Waals surface area contributed by atoms with Gasteiger partial charge in [0, 0.05) is 15.0 Å². The number of H-pyrrole nitrogens is 1. The standard InChI is InChI=1S/C11H7Br2N3O3/c12-5-1-2-7(13)6(3-5)10(17)14-9-4-8(11(18)19)15-16-9/h1-4H,(H,18,19)(H2,14,15,16,17). The number of anilines is 1. The highest BCUT2D eigenvalue weighted by molar-refractivity contribution is 9.11. The Balaban J connectivity index is 2.20. The number of halogens is 2. The smallest absolute Gasteiger partial charge is 0.353 e. The first kappa shape index (κ1) is 13.8. The second-order valence-electron chi connectivity index (χ2n) is 3.55. The fraction of sp³-hybridized carbons (Fsp3) is 0. The van der Waals surface area contributed by atoms with Gasteiger partial charge in [0.25, 0.3) is 5.91 Å². The first-order valence-electron chi connectivity index (χ1n) is 5.02. The third-order valence-electron chi connectivity index (χ3n) is 2.22. The van der Waals surface area contributed by atoms with Crippen LogP contribution in [0.1, 0.15) is 20.8 Å². The SMILES string of the molecule is O=C(O)c1cc(NC(=O)c2cc(Br)ccc2Br)n[nH]1. The highest BCUT2D eigenvalue weighted by Crippen LogP contribution is 2.22. The zero-order chi connectivity index (χ0) is 14.0. The van der Waals surface area contributed by atoms with Gasteiger partial charge in [-0.1, -0.05) is 15.9 Å². The number of nitrogens with zero attached hydrogens (tertiary/aromatic N) is 1. The number of aromatic nitrogens is 2. The molecule has 8 heteroatoms. The molecule has 0 aliphatic heterocycles. The summed E-state index contributed by atoms with van der Waals surface area (Å²) in [5, 5.41) is 17.2. The number of carboxylic acid groups (broad SMARTS) is 1. The van der Waals surface area contributed by atoms with E-state index in [4.69, 9.17) is 5.11 Å². The molecule has 0 bridgehead atoms. The van der Waals surface area contributed by atoms with E-state index < -0.39 is 11.9 Å². The summed E-state index contributed by atoms with van der Waals surface area (Å²) < 4.78 is 1.39. The van der Waals surface area contributed by atoms with Gasteiger partial charge in [0.15, 0.2) is 5.82 Å². The molecule has 6 nitrogen and oxygen atoms in total. The van der Waals surface area contributed by atoms with Crippen molar-refractivity contribution in [2.45, 2.75) is 0 Å². The highest BCUT2D eigenvalue weighted by Gasteiger charge is 2.14. The summed E-state index contributed by atoms with van der Waals surface area (Å²) >= 11 is 6.54. The van der Waals surface area contributed by atoms with E-state index in [2.05, 4.69) is 47.4 Å². The van der Waals surface area contributed by atoms with Crippen LogP contribution in [0.25, 0.3) is 0 Å². The van der Waals surface area contributed by atoms with Gasteiger partial charge >= 0.3 is 5.97 Å². The third-order valence-corrected chi connectivity index (χ3v) is 3.41. The first-order valence-corrected chi connectivity index (χ1v) is 6.61. The molecule has 1 heterocycles. The van der Waals surface area contributed by atoms with Crippen molar-refractivity contribution in [1.29, 1.82) is 0 Å². The third kappa shape index (κ3) is 3.21. The normalized spacial score (nSPS) is 10.2. The summed E-state index contributed by atoms with van der Waals surface area (Å²) in [4.78, 5) is 22.7. The van der Waals surface area contributed by atoms with Gasteiger partial charge < -0.3 is 10.4 Å². The summed E-state index contributed by atoms with van der Waals surface area (Å²) in [5.74, 6) is -1.39. The summed E-state index contributed by atoms with van der Waals surface area (Å²) in [5.41, 5.74) is 0.317. The van der Waals surface area contributed by atoms with E-state index in [0.29, 0.717) is 10.0 Å². The molecule has 0 fully saturated rings. The Labute approximate surface area is 124 Å². The van der Waals surface area contributed by atoms with Crippen LogP contribution in [-0.4, -0.2) is 27.2 Å². The lowest BCUT2D eigenvalue weighted by molar-refractivity contribution is 0.0690. The fourth-order valence-electron chi connectivity index (χ4n) is 1.35. The Hall–Kier alpha value is -1.67. The zero-order valence-corrected chi connectivity index (χ0v) is 12.4. The number of hydrogen-bond acceptors (Lipinski definition) is 3. The van der Waals surface area contributed by atoms with Crippen molar-refractivity contribution < 1.29 is 14.7 Å². The molecule has 1 amide bonds. The molecule has 0 atom stereocenters. The van der Waals surface area contributed by atoms with Crippen molar-refractivity contribution in [1.82, 2.24) is 10.2 Å². The molecule has 0 radical (unpaired) electrons. The molecule has 0 spiro atoms. The van der Waals surface area contributed by atoms with Crippen LogP contribution in [0.5, 0.6) is 0 Å². The Morgan fingerprint density at radius 1 is 1.26 bits per heavy atom. The Morgan fingerprint density at radius 3 is 2.63 bits per heavy atom. The van der Waals surface area contributed by atoms with Crippen molar-refractivity contribution in [2.75, 3.05) is 5.32 Å². The van der Waals surface area contributed by atoms with Crippen molar-refractivity contribution in [3.8, 4) is 0 Å². The van der Waals surface area contributed by atoms with Crippen molar-refractivity contribution in [3.05, 3.63) is 44.5 Å². The van der Waals surface area contributed by atoms with E-state index in [-0.39, 0.29) is 11.5 Å². The minimum Gasteiger partial charge on any atom is -0.477 e. The van der Waals surface area contributed by atoms with Gasteiger partial charge in [0.05, 0.1) is 5.56 Å². The minimum absolute atomic E-state index is 0.0939. The monoisotopic (exact) mass is 387 g/mol. The average Bonchev–Trinajstić information content (AvgIpc) is 2.80. The molecular weight excluding hydrogens is 382 g/mol. The molecule has 98 valence electrons. The molecule has 0 aliphatic carbocycles. The molecule has 0 saturated heterocycles. The maximum Gasteiger partial charge on any atom is 0.353 e. The van der Waals surface area contributed by atoms with E-state index in [0.717, 1.165) is 4.47 Å². The van der Waals surface area contributed by atoms with Gasteiger partial charge in [0.1, 0.15) is 5.69 Å². The van der Waals surface area contributed by atoms with E-state index in [1.54, 1.807) is 18.2 Å². The number of carboxylic acids is 1. The van der Waals surface area contributed by atoms with Crippen LogP contribution >= 0.6 is 31.9 Å². The number of hydrogen-bond donors (Lipinski definition) is 3. The quantitative estimate of drug-likeness (QED) is 0.753. The summed E-state index contributed by atoms with van der Waals surface area (Å²) in [6.07, 6.45) is 0. The van der Waals surface area contributed by atoms with Crippen LogP contribution in [0.3, 0.4) is 0 Å². The predicted molar refractivity (Wildman–Crippen MR) is 75.3 cm³/mol. The van der Waals surface area contributed by atoms with Gasteiger partial charge in [-0.25, -0.2) is 4.79 Å². The van der Waals surface area contributed by atoms with Crippen molar-refractivity contribution in [2.24, 2.45) is 0 Å². The minimum atomic E-state index is -1.14. The molecule has 2 aromatic rings. The molecule has 2 rings (SSSR count). The molecule has 1 aromatic carbocycles. The lowest BCUT2D eigenvalue weighted by Crippen LogP contribution is -2.12. The zero-order valence-electron chi connectivity index (χ0n) is 9.28. The van der Waals surface area contributed by atoms with Crippen LogP contribution in [0.2, 0.25) is 0 Å². The Morgan fingerprint density at radius 2 is 2.00 bits per heavy atom. The van der Waals surface area contributed by atoms with Crippen LogP contribution in [0, 0.1) is 0 Å². The van der Waals surface area contributed by atoms with E-state index in [9.17, 15) is 9.59 Å².